The van der Waals surface area contributed by atoms with E-state index >= 15 is 0 Å². The summed E-state index contributed by atoms with van der Waals surface area (Å²) in [4.78, 5) is 4.61. The van der Waals surface area contributed by atoms with Crippen molar-refractivity contribution in [3.63, 3.8) is 0 Å². The van der Waals surface area contributed by atoms with Gasteiger partial charge >= 0.3 is 0 Å². The number of benzene rings is 1. The minimum Gasteiger partial charge on any atom is -0.305 e. The Kier molecular flexibility index (Phi) is 3.87. The van der Waals surface area contributed by atoms with E-state index in [1.54, 1.807) is 28.7 Å². The third-order valence-electron chi connectivity index (χ3n) is 3.88. The molecule has 0 unspecified atom stereocenters. The minimum absolute atomic E-state index is 0.0192. The van der Waals surface area contributed by atoms with Crippen LogP contribution in [0.2, 0.25) is 0 Å². The Balaban J connectivity index is 1.96. The van der Waals surface area contributed by atoms with Gasteiger partial charge in [0.15, 0.2) is 5.65 Å². The van der Waals surface area contributed by atoms with Gasteiger partial charge in [0.25, 0.3) is 10.0 Å². The first-order valence-electron chi connectivity index (χ1n) is 7.74. The van der Waals surface area contributed by atoms with Crippen molar-refractivity contribution < 1.29 is 8.42 Å². The molecule has 24 heavy (non-hydrogen) atoms. The lowest BCUT2D eigenvalue weighted by atomic mass is 9.87. The van der Waals surface area contributed by atoms with Crippen molar-refractivity contribution in [3.05, 3.63) is 60.0 Å². The van der Waals surface area contributed by atoms with Crippen LogP contribution in [0, 0.1) is 6.92 Å². The van der Waals surface area contributed by atoms with Crippen molar-refractivity contribution in [2.75, 3.05) is 4.72 Å². The monoisotopic (exact) mass is 343 g/mol. The zero-order valence-corrected chi connectivity index (χ0v) is 15.1. The van der Waals surface area contributed by atoms with Crippen LogP contribution in [-0.2, 0) is 15.4 Å². The molecule has 1 aromatic carbocycles. The van der Waals surface area contributed by atoms with Crippen molar-refractivity contribution in [3.8, 4) is 0 Å². The molecule has 0 saturated heterocycles. The van der Waals surface area contributed by atoms with E-state index < -0.39 is 10.0 Å². The van der Waals surface area contributed by atoms with E-state index in [-0.39, 0.29) is 10.3 Å². The van der Waals surface area contributed by atoms with E-state index in [0.717, 1.165) is 11.3 Å². The Morgan fingerprint density at radius 3 is 2.38 bits per heavy atom. The van der Waals surface area contributed by atoms with E-state index in [1.165, 1.54) is 0 Å². The van der Waals surface area contributed by atoms with Gasteiger partial charge in [-0.2, -0.15) is 0 Å². The maximum absolute atomic E-state index is 12.7. The summed E-state index contributed by atoms with van der Waals surface area (Å²) in [5.74, 6) is 0. The van der Waals surface area contributed by atoms with Crippen molar-refractivity contribution in [2.24, 2.45) is 0 Å². The van der Waals surface area contributed by atoms with Crippen LogP contribution in [0.3, 0.4) is 0 Å². The first kappa shape index (κ1) is 16.5. The predicted molar refractivity (Wildman–Crippen MR) is 95.9 cm³/mol. The highest BCUT2D eigenvalue weighted by Crippen LogP contribution is 2.25. The lowest BCUT2D eigenvalue weighted by Gasteiger charge is -2.19. The first-order valence-corrected chi connectivity index (χ1v) is 9.23. The highest BCUT2D eigenvalue weighted by Gasteiger charge is 2.19. The van der Waals surface area contributed by atoms with E-state index in [9.17, 15) is 8.42 Å². The molecule has 2 aromatic heterocycles. The number of rotatable bonds is 3. The molecule has 0 amide bonds. The number of pyridine rings is 1. The molecule has 0 bridgehead atoms. The molecule has 3 aromatic rings. The molecule has 1 N–H and O–H groups in total. The molecule has 0 aliphatic carbocycles. The summed E-state index contributed by atoms with van der Waals surface area (Å²) < 4.78 is 29.8. The second-order valence-electron chi connectivity index (χ2n) is 6.91. The average molecular weight is 343 g/mol. The van der Waals surface area contributed by atoms with Gasteiger partial charge in [0.1, 0.15) is 0 Å². The Labute approximate surface area is 142 Å². The van der Waals surface area contributed by atoms with Gasteiger partial charge in [-0.25, -0.2) is 13.4 Å². The Morgan fingerprint density at radius 2 is 1.75 bits per heavy atom. The van der Waals surface area contributed by atoms with Crippen LogP contribution in [0.4, 0.5) is 5.69 Å². The third kappa shape index (κ3) is 3.14. The Hall–Kier alpha value is -2.34. The van der Waals surface area contributed by atoms with E-state index in [4.69, 9.17) is 0 Å². The summed E-state index contributed by atoms with van der Waals surface area (Å²) in [5, 5.41) is 0. The molecular weight excluding hydrogens is 322 g/mol. The summed E-state index contributed by atoms with van der Waals surface area (Å²) in [6.45, 7) is 8.15. The molecule has 126 valence electrons. The Bertz CT molecular complexity index is 981. The molecule has 0 atom stereocenters. The van der Waals surface area contributed by atoms with Gasteiger partial charge in [-0.3, -0.25) is 4.72 Å². The number of imidazole rings is 1. The SMILES string of the molecule is Cc1cn2cccc(NS(=O)(=O)c3ccc(C(C)(C)C)cc3)c2n1. The zero-order chi connectivity index (χ0) is 17.5. The first-order chi connectivity index (χ1) is 11.2. The number of nitrogens with one attached hydrogen (secondary N) is 1. The number of nitrogens with zero attached hydrogens (tertiary/aromatic N) is 2. The summed E-state index contributed by atoms with van der Waals surface area (Å²) in [6.07, 6.45) is 3.69. The standard InChI is InChI=1S/C18H21N3O2S/c1-13-12-21-11-5-6-16(17(21)19-13)20-24(22,23)15-9-7-14(8-10-15)18(2,3)4/h5-12,20H,1-4H3. The molecule has 0 spiro atoms. The Morgan fingerprint density at radius 1 is 1.08 bits per heavy atom. The highest BCUT2D eigenvalue weighted by molar-refractivity contribution is 7.92. The molecule has 0 fully saturated rings. The fourth-order valence-electron chi connectivity index (χ4n) is 2.55. The smallest absolute Gasteiger partial charge is 0.262 e. The zero-order valence-electron chi connectivity index (χ0n) is 14.2. The molecule has 0 aliphatic rings. The summed E-state index contributed by atoms with van der Waals surface area (Å²) in [6, 6.07) is 10.5. The molecule has 0 saturated carbocycles. The van der Waals surface area contributed by atoms with Crippen LogP contribution in [0.15, 0.2) is 53.7 Å². The van der Waals surface area contributed by atoms with Gasteiger partial charge in [-0.15, -0.1) is 0 Å². The van der Waals surface area contributed by atoms with Crippen molar-refractivity contribution >= 4 is 21.4 Å². The molecule has 2 heterocycles. The van der Waals surface area contributed by atoms with E-state index in [2.05, 4.69) is 30.5 Å². The lowest BCUT2D eigenvalue weighted by molar-refractivity contribution is 0.587. The van der Waals surface area contributed by atoms with Crippen LogP contribution in [-0.4, -0.2) is 17.8 Å². The van der Waals surface area contributed by atoms with Crippen LogP contribution >= 0.6 is 0 Å². The van der Waals surface area contributed by atoms with Gasteiger partial charge in [0, 0.05) is 12.4 Å². The summed E-state index contributed by atoms with van der Waals surface area (Å²) in [7, 11) is -3.66. The van der Waals surface area contributed by atoms with E-state index in [1.807, 2.05) is 31.5 Å². The minimum atomic E-state index is -3.66. The molecule has 0 radical (unpaired) electrons. The second kappa shape index (κ2) is 5.63. The van der Waals surface area contributed by atoms with Crippen molar-refractivity contribution in [2.45, 2.75) is 38.0 Å². The van der Waals surface area contributed by atoms with Gasteiger partial charge in [-0.1, -0.05) is 32.9 Å². The highest BCUT2D eigenvalue weighted by atomic mass is 32.2. The predicted octanol–water partition coefficient (Wildman–Crippen LogP) is 3.74. The fourth-order valence-corrected chi connectivity index (χ4v) is 3.61. The quantitative estimate of drug-likeness (QED) is 0.788. The van der Waals surface area contributed by atoms with Crippen molar-refractivity contribution in [1.82, 2.24) is 9.38 Å². The number of hydrogen-bond donors (Lipinski definition) is 1. The van der Waals surface area contributed by atoms with Gasteiger partial charge < -0.3 is 4.40 Å². The molecule has 5 nitrogen and oxygen atoms in total. The van der Waals surface area contributed by atoms with Gasteiger partial charge in [0.05, 0.1) is 16.3 Å². The van der Waals surface area contributed by atoms with Gasteiger partial charge in [0.2, 0.25) is 0 Å². The maximum Gasteiger partial charge on any atom is 0.262 e. The lowest BCUT2D eigenvalue weighted by Crippen LogP contribution is -2.15. The van der Waals surface area contributed by atoms with Gasteiger partial charge in [-0.05, 0) is 42.2 Å². The molecule has 0 aliphatic heterocycles. The molecule has 3 rings (SSSR count). The number of aryl methyl sites for hydroxylation is 1. The third-order valence-corrected chi connectivity index (χ3v) is 5.26. The summed E-state index contributed by atoms with van der Waals surface area (Å²) in [5.41, 5.74) is 2.95. The van der Waals surface area contributed by atoms with Crippen LogP contribution < -0.4 is 4.72 Å². The fraction of sp³-hybridized carbons (Fsp3) is 0.278. The maximum atomic E-state index is 12.7. The normalized spacial score (nSPS) is 12.5. The average Bonchev–Trinajstić information content (AvgIpc) is 2.88. The van der Waals surface area contributed by atoms with Crippen LogP contribution in [0.1, 0.15) is 32.0 Å². The van der Waals surface area contributed by atoms with E-state index in [0.29, 0.717) is 11.3 Å². The number of aromatic nitrogens is 2. The van der Waals surface area contributed by atoms with Crippen LogP contribution in [0.5, 0.6) is 0 Å². The van der Waals surface area contributed by atoms with Crippen LogP contribution in [0.25, 0.3) is 5.65 Å². The number of hydrogen-bond acceptors (Lipinski definition) is 3. The second-order valence-corrected chi connectivity index (χ2v) is 8.60. The number of fused-ring (bicyclic) bond motifs is 1. The largest absolute Gasteiger partial charge is 0.305 e. The molecule has 6 heteroatoms. The number of sulfonamides is 1. The summed E-state index contributed by atoms with van der Waals surface area (Å²) >= 11 is 0. The molecular formula is C18H21N3O2S. The van der Waals surface area contributed by atoms with Crippen molar-refractivity contribution in [1.29, 1.82) is 0 Å². The number of anilines is 1. The topological polar surface area (TPSA) is 63.5 Å².